The van der Waals surface area contributed by atoms with Crippen molar-refractivity contribution < 1.29 is 9.72 Å². The van der Waals surface area contributed by atoms with Gasteiger partial charge in [-0.3, -0.25) is 14.9 Å². The minimum absolute atomic E-state index is 0.119. The van der Waals surface area contributed by atoms with Crippen molar-refractivity contribution in [3.05, 3.63) is 62.3 Å². The minimum atomic E-state index is -0.709. The van der Waals surface area contributed by atoms with Crippen LogP contribution in [-0.2, 0) is 0 Å². The highest BCUT2D eigenvalue weighted by Crippen LogP contribution is 2.25. The van der Waals surface area contributed by atoms with E-state index in [-0.39, 0.29) is 27.1 Å². The quantitative estimate of drug-likeness (QED) is 0.693. The first-order chi connectivity index (χ1) is 9.49. The number of carbonyl (C=O) groups excluding carboxylic acids is 1. The molecule has 1 aromatic carbocycles. The van der Waals surface area contributed by atoms with Crippen molar-refractivity contribution in [3.63, 3.8) is 0 Å². The lowest BCUT2D eigenvalue weighted by Gasteiger charge is -2.06. The van der Waals surface area contributed by atoms with Gasteiger partial charge in [0.15, 0.2) is 5.82 Å². The van der Waals surface area contributed by atoms with Crippen molar-refractivity contribution in [1.29, 1.82) is 0 Å². The number of halogens is 2. The van der Waals surface area contributed by atoms with Gasteiger partial charge in [0, 0.05) is 17.3 Å². The van der Waals surface area contributed by atoms with Crippen molar-refractivity contribution in [3.8, 4) is 0 Å². The fraction of sp³-hybridized carbons (Fsp3) is 0. The van der Waals surface area contributed by atoms with Crippen LogP contribution in [0.5, 0.6) is 0 Å². The zero-order chi connectivity index (χ0) is 14.7. The Bertz CT molecular complexity index is 691. The molecule has 0 aliphatic rings. The van der Waals surface area contributed by atoms with Crippen molar-refractivity contribution >= 4 is 40.6 Å². The predicted molar refractivity (Wildman–Crippen MR) is 75.3 cm³/mol. The molecule has 6 nitrogen and oxygen atoms in total. The lowest BCUT2D eigenvalue weighted by atomic mass is 10.1. The summed E-state index contributed by atoms with van der Waals surface area (Å²) in [4.78, 5) is 26.2. The van der Waals surface area contributed by atoms with Crippen LogP contribution in [0.1, 0.15) is 10.4 Å². The summed E-state index contributed by atoms with van der Waals surface area (Å²) in [6.45, 7) is 0. The highest BCUT2D eigenvalue weighted by Gasteiger charge is 2.21. The zero-order valence-corrected chi connectivity index (χ0v) is 11.4. The number of nitro groups is 1. The third-order valence-corrected chi connectivity index (χ3v) is 2.93. The van der Waals surface area contributed by atoms with E-state index in [2.05, 4.69) is 10.3 Å². The van der Waals surface area contributed by atoms with Crippen LogP contribution in [0.4, 0.5) is 11.5 Å². The van der Waals surface area contributed by atoms with Gasteiger partial charge in [0.2, 0.25) is 0 Å². The van der Waals surface area contributed by atoms with E-state index in [9.17, 15) is 14.9 Å². The van der Waals surface area contributed by atoms with Gasteiger partial charge in [-0.15, -0.1) is 0 Å². The van der Waals surface area contributed by atoms with Crippen LogP contribution in [0.15, 0.2) is 36.5 Å². The fourth-order valence-electron chi connectivity index (χ4n) is 1.50. The van der Waals surface area contributed by atoms with Gasteiger partial charge in [0.25, 0.3) is 11.6 Å². The van der Waals surface area contributed by atoms with Crippen LogP contribution in [-0.4, -0.2) is 15.8 Å². The topological polar surface area (TPSA) is 85.1 Å². The molecule has 2 rings (SSSR count). The minimum Gasteiger partial charge on any atom is -0.305 e. The Morgan fingerprint density at radius 3 is 2.70 bits per heavy atom. The second-order valence-corrected chi connectivity index (χ2v) is 4.55. The molecule has 1 amide bonds. The normalized spacial score (nSPS) is 10.1. The monoisotopic (exact) mass is 311 g/mol. The lowest BCUT2D eigenvalue weighted by Crippen LogP contribution is -2.15. The molecule has 0 atom stereocenters. The smallest absolute Gasteiger partial charge is 0.282 e. The molecule has 0 spiro atoms. The van der Waals surface area contributed by atoms with Gasteiger partial charge in [0.05, 0.1) is 9.95 Å². The van der Waals surface area contributed by atoms with Crippen molar-refractivity contribution in [2.45, 2.75) is 0 Å². The molecule has 1 N–H and O–H groups in total. The molecule has 0 fully saturated rings. The summed E-state index contributed by atoms with van der Waals surface area (Å²) in [7, 11) is 0. The highest BCUT2D eigenvalue weighted by atomic mass is 35.5. The highest BCUT2D eigenvalue weighted by molar-refractivity contribution is 6.33. The van der Waals surface area contributed by atoms with Gasteiger partial charge in [-0.25, -0.2) is 4.98 Å². The van der Waals surface area contributed by atoms with Crippen molar-refractivity contribution in [2.75, 3.05) is 5.32 Å². The van der Waals surface area contributed by atoms with Crippen LogP contribution in [0.3, 0.4) is 0 Å². The zero-order valence-electron chi connectivity index (χ0n) is 9.84. The molecule has 0 saturated carbocycles. The molecular formula is C12H7Cl2N3O3. The van der Waals surface area contributed by atoms with E-state index in [1.807, 2.05) is 0 Å². The van der Waals surface area contributed by atoms with Crippen LogP contribution in [0, 0.1) is 10.1 Å². The Labute approximate surface area is 123 Å². The van der Waals surface area contributed by atoms with Gasteiger partial charge in [-0.05, 0) is 24.3 Å². The molecule has 102 valence electrons. The van der Waals surface area contributed by atoms with E-state index in [1.165, 1.54) is 24.4 Å². The average Bonchev–Trinajstić information content (AvgIpc) is 2.40. The number of carbonyl (C=O) groups is 1. The summed E-state index contributed by atoms with van der Waals surface area (Å²) in [5.41, 5.74) is -0.511. The number of nitrogens with zero attached hydrogens (tertiary/aromatic N) is 2. The van der Waals surface area contributed by atoms with Crippen molar-refractivity contribution in [2.24, 2.45) is 0 Å². The average molecular weight is 312 g/mol. The summed E-state index contributed by atoms with van der Waals surface area (Å²) in [5, 5.41) is 13.7. The van der Waals surface area contributed by atoms with Gasteiger partial charge in [-0.2, -0.15) is 0 Å². The van der Waals surface area contributed by atoms with Gasteiger partial charge >= 0.3 is 0 Å². The second kappa shape index (κ2) is 5.85. The largest absolute Gasteiger partial charge is 0.305 e. The molecular weight excluding hydrogens is 305 g/mol. The maximum Gasteiger partial charge on any atom is 0.282 e. The third kappa shape index (κ3) is 3.04. The van der Waals surface area contributed by atoms with Crippen LogP contribution < -0.4 is 5.32 Å². The molecule has 0 radical (unpaired) electrons. The van der Waals surface area contributed by atoms with E-state index in [4.69, 9.17) is 23.2 Å². The Kier molecular flexibility index (Phi) is 4.16. The number of amides is 1. The van der Waals surface area contributed by atoms with Gasteiger partial charge < -0.3 is 5.32 Å². The first-order valence-electron chi connectivity index (χ1n) is 5.35. The van der Waals surface area contributed by atoms with Gasteiger partial charge in [-0.1, -0.05) is 23.2 Å². The van der Waals surface area contributed by atoms with Gasteiger partial charge in [0.1, 0.15) is 5.56 Å². The van der Waals surface area contributed by atoms with Crippen LogP contribution in [0.25, 0.3) is 0 Å². The second-order valence-electron chi connectivity index (χ2n) is 3.71. The number of aromatic nitrogens is 1. The van der Waals surface area contributed by atoms with Crippen LogP contribution in [0.2, 0.25) is 10.0 Å². The number of benzene rings is 1. The maximum absolute atomic E-state index is 12.1. The third-order valence-electron chi connectivity index (χ3n) is 2.39. The lowest BCUT2D eigenvalue weighted by molar-refractivity contribution is -0.385. The maximum atomic E-state index is 12.1. The summed E-state index contributed by atoms with van der Waals surface area (Å²) in [5.74, 6) is -0.590. The molecule has 0 bridgehead atoms. The molecule has 0 unspecified atom stereocenters. The standard InChI is InChI=1S/C12H7Cl2N3O3/c13-7-3-4-10(17(19)20)8(6-7)12(18)16-11-9(14)2-1-5-15-11/h1-6H,(H,15,16,18). The predicted octanol–water partition coefficient (Wildman–Crippen LogP) is 3.55. The number of hydrogen-bond donors (Lipinski definition) is 1. The Hall–Kier alpha value is -2.18. The number of pyridine rings is 1. The first-order valence-corrected chi connectivity index (χ1v) is 6.10. The summed E-state index contributed by atoms with van der Waals surface area (Å²) < 4.78 is 0. The molecule has 1 aromatic heterocycles. The Balaban J connectivity index is 2.37. The molecule has 0 aliphatic carbocycles. The Morgan fingerprint density at radius 2 is 2.05 bits per heavy atom. The molecule has 1 heterocycles. The van der Waals surface area contributed by atoms with Crippen LogP contribution >= 0.6 is 23.2 Å². The molecule has 20 heavy (non-hydrogen) atoms. The molecule has 8 heteroatoms. The van der Waals surface area contributed by atoms with E-state index in [0.717, 1.165) is 6.07 Å². The summed E-state index contributed by atoms with van der Waals surface area (Å²) in [6, 6.07) is 6.85. The van der Waals surface area contributed by atoms with Crippen molar-refractivity contribution in [1.82, 2.24) is 4.98 Å². The van der Waals surface area contributed by atoms with E-state index in [1.54, 1.807) is 6.07 Å². The van der Waals surface area contributed by atoms with E-state index in [0.29, 0.717) is 0 Å². The molecule has 2 aromatic rings. The van der Waals surface area contributed by atoms with E-state index < -0.39 is 10.8 Å². The summed E-state index contributed by atoms with van der Waals surface area (Å²) in [6.07, 6.45) is 1.44. The number of hydrogen-bond acceptors (Lipinski definition) is 4. The molecule has 0 aliphatic heterocycles. The summed E-state index contributed by atoms with van der Waals surface area (Å²) >= 11 is 11.6. The number of nitrogens with one attached hydrogen (secondary N) is 1. The molecule has 0 saturated heterocycles. The number of rotatable bonds is 3. The SMILES string of the molecule is O=C(Nc1ncccc1Cl)c1cc(Cl)ccc1[N+](=O)[O-]. The first kappa shape index (κ1) is 14.2. The number of nitro benzene ring substituents is 1. The fourth-order valence-corrected chi connectivity index (χ4v) is 1.84. The number of anilines is 1. The van der Waals surface area contributed by atoms with E-state index >= 15 is 0 Å². The Morgan fingerprint density at radius 1 is 1.30 bits per heavy atom.